The lowest BCUT2D eigenvalue weighted by molar-refractivity contribution is -0.143. The fourth-order valence-electron chi connectivity index (χ4n) is 7.42. The molecule has 9 atom stereocenters. The fraction of sp³-hybridized carbons (Fsp3) is 0.941. The lowest BCUT2D eigenvalue weighted by atomic mass is 9.61. The van der Waals surface area contributed by atoms with E-state index in [-0.39, 0.29) is 5.97 Å². The van der Waals surface area contributed by atoms with Crippen molar-refractivity contribution >= 4 is 5.97 Å². The van der Waals surface area contributed by atoms with E-state index in [0.717, 1.165) is 48.0 Å². The summed E-state index contributed by atoms with van der Waals surface area (Å²) in [7, 11) is 0. The summed E-state index contributed by atoms with van der Waals surface area (Å²) < 4.78 is 5.39. The molecule has 0 aromatic heterocycles. The second-order valence-electron chi connectivity index (χ2n) is 8.34. The molecule has 4 aliphatic carbocycles. The van der Waals surface area contributed by atoms with Crippen molar-refractivity contribution in [2.75, 3.05) is 6.61 Å². The molecular weight excluding hydrogens is 236 g/mol. The van der Waals surface area contributed by atoms with Crippen LogP contribution in [-0.2, 0) is 9.53 Å². The van der Waals surface area contributed by atoms with Gasteiger partial charge in [-0.25, -0.2) is 0 Å². The molecule has 4 bridgehead atoms. The van der Waals surface area contributed by atoms with Crippen LogP contribution >= 0.6 is 0 Å². The van der Waals surface area contributed by atoms with Crippen molar-refractivity contribution in [2.24, 2.45) is 59.2 Å². The molecule has 5 aliphatic rings. The molecule has 104 valence electrons. The van der Waals surface area contributed by atoms with Crippen LogP contribution in [0.15, 0.2) is 0 Å². The molecule has 0 spiro atoms. The van der Waals surface area contributed by atoms with Crippen LogP contribution in [0.5, 0.6) is 0 Å². The van der Waals surface area contributed by atoms with E-state index < -0.39 is 0 Å². The smallest absolute Gasteiger partial charge is 0.309 e. The minimum absolute atomic E-state index is 0.152. The van der Waals surface area contributed by atoms with Crippen molar-refractivity contribution in [1.82, 2.24) is 0 Å². The van der Waals surface area contributed by atoms with Crippen LogP contribution in [-0.4, -0.2) is 12.6 Å². The van der Waals surface area contributed by atoms with Gasteiger partial charge in [0.05, 0.1) is 12.5 Å². The molecule has 1 saturated heterocycles. The number of hydrogen-bond acceptors (Lipinski definition) is 2. The Kier molecular flexibility index (Phi) is 1.98. The van der Waals surface area contributed by atoms with Gasteiger partial charge in [0, 0.05) is 5.92 Å². The maximum absolute atomic E-state index is 12.0. The quantitative estimate of drug-likeness (QED) is 0.535. The number of carbonyl (C=O) groups excluding carboxylic acids is 1. The molecule has 5 rings (SSSR count). The van der Waals surface area contributed by atoms with Gasteiger partial charge < -0.3 is 4.74 Å². The molecule has 9 unspecified atom stereocenters. The first-order valence-corrected chi connectivity index (χ1v) is 8.33. The van der Waals surface area contributed by atoms with Gasteiger partial charge in [-0.1, -0.05) is 13.8 Å². The highest BCUT2D eigenvalue weighted by Gasteiger charge is 2.70. The third-order valence-corrected chi connectivity index (χ3v) is 7.74. The van der Waals surface area contributed by atoms with Crippen LogP contribution in [0.1, 0.15) is 33.1 Å². The lowest BCUT2D eigenvalue weighted by Crippen LogP contribution is -2.41. The Morgan fingerprint density at radius 3 is 2.63 bits per heavy atom. The predicted molar refractivity (Wildman–Crippen MR) is 71.1 cm³/mol. The zero-order valence-electron chi connectivity index (χ0n) is 11.9. The van der Waals surface area contributed by atoms with Gasteiger partial charge in [0.15, 0.2) is 0 Å². The highest BCUT2D eigenvalue weighted by Crippen LogP contribution is 2.72. The molecule has 2 heteroatoms. The minimum atomic E-state index is 0.152. The molecule has 5 fully saturated rings. The van der Waals surface area contributed by atoms with E-state index >= 15 is 0 Å². The standard InChI is InChI=1S/C17H24O2/c1-7(2)9-3-8-4-10(9)15-11-5-12(14(8)15)16-13(11)6-19-17(16)18/h7-16H,3-6H2,1-2H3. The highest BCUT2D eigenvalue weighted by atomic mass is 16.5. The van der Waals surface area contributed by atoms with Crippen molar-refractivity contribution in [3.8, 4) is 0 Å². The number of esters is 1. The monoisotopic (exact) mass is 260 g/mol. The summed E-state index contributed by atoms with van der Waals surface area (Å²) in [6, 6.07) is 0. The summed E-state index contributed by atoms with van der Waals surface area (Å²) in [6.45, 7) is 5.58. The molecule has 0 radical (unpaired) electrons. The van der Waals surface area contributed by atoms with Gasteiger partial charge in [0.1, 0.15) is 0 Å². The number of ether oxygens (including phenoxy) is 1. The molecule has 1 aliphatic heterocycles. The van der Waals surface area contributed by atoms with Gasteiger partial charge in [0.2, 0.25) is 0 Å². The Morgan fingerprint density at radius 2 is 1.84 bits per heavy atom. The Labute approximate surface area is 115 Å². The van der Waals surface area contributed by atoms with E-state index in [1.54, 1.807) is 0 Å². The molecule has 0 N–H and O–H groups in total. The van der Waals surface area contributed by atoms with Crippen LogP contribution < -0.4 is 0 Å². The van der Waals surface area contributed by atoms with Crippen molar-refractivity contribution in [3.05, 3.63) is 0 Å². The number of carbonyl (C=O) groups is 1. The van der Waals surface area contributed by atoms with Gasteiger partial charge in [-0.05, 0) is 66.6 Å². The summed E-state index contributed by atoms with van der Waals surface area (Å²) in [5.74, 6) is 8.24. The van der Waals surface area contributed by atoms with Crippen LogP contribution in [0.25, 0.3) is 0 Å². The van der Waals surface area contributed by atoms with Gasteiger partial charge in [-0.15, -0.1) is 0 Å². The van der Waals surface area contributed by atoms with E-state index in [1.165, 1.54) is 19.3 Å². The molecule has 0 aromatic rings. The first-order valence-electron chi connectivity index (χ1n) is 8.33. The van der Waals surface area contributed by atoms with Gasteiger partial charge in [0.25, 0.3) is 0 Å². The van der Waals surface area contributed by atoms with Crippen molar-refractivity contribution in [2.45, 2.75) is 33.1 Å². The third-order valence-electron chi connectivity index (χ3n) is 7.74. The summed E-state index contributed by atoms with van der Waals surface area (Å²) in [4.78, 5) is 12.0. The average molecular weight is 260 g/mol. The topological polar surface area (TPSA) is 26.3 Å². The van der Waals surface area contributed by atoms with E-state index in [1.807, 2.05) is 0 Å². The second kappa shape index (κ2) is 3.38. The van der Waals surface area contributed by atoms with Crippen LogP contribution in [0, 0.1) is 59.2 Å². The predicted octanol–water partition coefficient (Wildman–Crippen LogP) is 2.97. The van der Waals surface area contributed by atoms with Crippen molar-refractivity contribution in [1.29, 1.82) is 0 Å². The Balaban J connectivity index is 1.51. The molecular formula is C17H24O2. The SMILES string of the molecule is CC(C)C1CC2CC1C1C3CC(C4C(=O)OCC34)C21. The lowest BCUT2D eigenvalue weighted by Gasteiger charge is -2.43. The second-order valence-corrected chi connectivity index (χ2v) is 8.34. The number of rotatable bonds is 1. The molecule has 4 saturated carbocycles. The first-order chi connectivity index (χ1) is 9.16. The number of cyclic esters (lactones) is 1. The zero-order chi connectivity index (χ0) is 12.9. The van der Waals surface area contributed by atoms with Gasteiger partial charge in [-0.3, -0.25) is 4.79 Å². The minimum Gasteiger partial charge on any atom is -0.465 e. The van der Waals surface area contributed by atoms with Gasteiger partial charge in [-0.2, -0.15) is 0 Å². The highest BCUT2D eigenvalue weighted by molar-refractivity contribution is 5.76. The molecule has 1 heterocycles. The zero-order valence-corrected chi connectivity index (χ0v) is 11.9. The van der Waals surface area contributed by atoms with Crippen LogP contribution in [0.3, 0.4) is 0 Å². The summed E-state index contributed by atoms with van der Waals surface area (Å²) in [5, 5.41) is 0. The van der Waals surface area contributed by atoms with E-state index in [0.29, 0.717) is 17.8 Å². The average Bonchev–Trinajstić information content (AvgIpc) is 3.10. The maximum Gasteiger partial charge on any atom is 0.309 e. The summed E-state index contributed by atoms with van der Waals surface area (Å²) in [6.07, 6.45) is 4.30. The Bertz CT molecular complexity index is 443. The molecule has 0 aromatic carbocycles. The third kappa shape index (κ3) is 1.14. The van der Waals surface area contributed by atoms with E-state index in [2.05, 4.69) is 13.8 Å². The molecule has 0 amide bonds. The van der Waals surface area contributed by atoms with Crippen molar-refractivity contribution < 1.29 is 9.53 Å². The molecule has 19 heavy (non-hydrogen) atoms. The summed E-state index contributed by atoms with van der Waals surface area (Å²) in [5.41, 5.74) is 0. The van der Waals surface area contributed by atoms with Crippen molar-refractivity contribution in [3.63, 3.8) is 0 Å². The first kappa shape index (κ1) is 11.2. The number of fused-ring (bicyclic) bond motifs is 12. The Hall–Kier alpha value is -0.530. The summed E-state index contributed by atoms with van der Waals surface area (Å²) >= 11 is 0. The van der Waals surface area contributed by atoms with Crippen LogP contribution in [0.2, 0.25) is 0 Å². The maximum atomic E-state index is 12.0. The van der Waals surface area contributed by atoms with E-state index in [4.69, 9.17) is 4.74 Å². The van der Waals surface area contributed by atoms with Gasteiger partial charge >= 0.3 is 5.97 Å². The number of hydrogen-bond donors (Lipinski definition) is 0. The Morgan fingerprint density at radius 1 is 1.00 bits per heavy atom. The normalized spacial score (nSPS) is 60.8. The molecule has 2 nitrogen and oxygen atoms in total. The largest absolute Gasteiger partial charge is 0.465 e. The van der Waals surface area contributed by atoms with Crippen LogP contribution in [0.4, 0.5) is 0 Å². The van der Waals surface area contributed by atoms with E-state index in [9.17, 15) is 4.79 Å². The fourth-order valence-corrected chi connectivity index (χ4v) is 7.42.